The van der Waals surface area contributed by atoms with E-state index in [1.54, 1.807) is 17.0 Å². The number of carboxylic acids is 1. The third-order valence-electron chi connectivity index (χ3n) is 4.71. The maximum Gasteiger partial charge on any atom is 0.326 e. The second kappa shape index (κ2) is 10.5. The van der Waals surface area contributed by atoms with Crippen molar-refractivity contribution in [2.45, 2.75) is 45.1 Å². The van der Waals surface area contributed by atoms with Crippen molar-refractivity contribution in [2.24, 2.45) is 5.92 Å². The highest BCUT2D eigenvalue weighted by Gasteiger charge is 2.30. The zero-order chi connectivity index (χ0) is 19.6. The van der Waals surface area contributed by atoms with E-state index < -0.39 is 12.0 Å². The first kappa shape index (κ1) is 20.7. The Kier molecular flexibility index (Phi) is 8.10. The van der Waals surface area contributed by atoms with Crippen LogP contribution in [0.4, 0.5) is 0 Å². The van der Waals surface area contributed by atoms with Crippen LogP contribution < -0.4 is 10.1 Å². The molecule has 0 saturated carbocycles. The Labute approximate surface area is 159 Å². The van der Waals surface area contributed by atoms with Crippen molar-refractivity contribution in [3.05, 3.63) is 30.3 Å². The average molecular weight is 376 g/mol. The molecular formula is C20H28N2O5. The number of carboxylic acid groups (broad SMARTS) is 1. The Balaban J connectivity index is 1.85. The van der Waals surface area contributed by atoms with Crippen molar-refractivity contribution in [1.82, 2.24) is 10.2 Å². The molecule has 1 unspecified atom stereocenters. The van der Waals surface area contributed by atoms with Gasteiger partial charge in [0, 0.05) is 13.1 Å². The summed E-state index contributed by atoms with van der Waals surface area (Å²) < 4.78 is 5.49. The lowest BCUT2D eigenvalue weighted by Gasteiger charge is -2.32. The van der Waals surface area contributed by atoms with Crippen molar-refractivity contribution >= 4 is 17.8 Å². The summed E-state index contributed by atoms with van der Waals surface area (Å²) in [5, 5.41) is 11.9. The number of ether oxygens (including phenoxy) is 1. The fourth-order valence-electron chi connectivity index (χ4n) is 3.13. The molecule has 1 saturated heterocycles. The van der Waals surface area contributed by atoms with Crippen molar-refractivity contribution in [3.63, 3.8) is 0 Å². The number of hydrogen-bond acceptors (Lipinski definition) is 4. The van der Waals surface area contributed by atoms with Gasteiger partial charge in [-0.05, 0) is 31.4 Å². The maximum absolute atomic E-state index is 12.5. The van der Waals surface area contributed by atoms with E-state index >= 15 is 0 Å². The average Bonchev–Trinajstić information content (AvgIpc) is 2.69. The largest absolute Gasteiger partial charge is 0.484 e. The number of rotatable bonds is 9. The van der Waals surface area contributed by atoms with Crippen molar-refractivity contribution < 1.29 is 24.2 Å². The molecule has 1 aliphatic heterocycles. The van der Waals surface area contributed by atoms with Crippen LogP contribution in [0.25, 0.3) is 0 Å². The molecule has 1 aromatic carbocycles. The Morgan fingerprint density at radius 2 is 2.04 bits per heavy atom. The monoisotopic (exact) mass is 376 g/mol. The first-order valence-corrected chi connectivity index (χ1v) is 9.50. The highest BCUT2D eigenvalue weighted by atomic mass is 16.5. The maximum atomic E-state index is 12.5. The fourth-order valence-corrected chi connectivity index (χ4v) is 3.13. The molecule has 27 heavy (non-hydrogen) atoms. The van der Waals surface area contributed by atoms with Gasteiger partial charge in [0.1, 0.15) is 11.8 Å². The molecule has 2 rings (SSSR count). The molecule has 1 aromatic rings. The van der Waals surface area contributed by atoms with Gasteiger partial charge in [-0.1, -0.05) is 38.0 Å². The zero-order valence-corrected chi connectivity index (χ0v) is 15.7. The summed E-state index contributed by atoms with van der Waals surface area (Å²) in [7, 11) is 0. The first-order chi connectivity index (χ1) is 13.0. The van der Waals surface area contributed by atoms with Gasteiger partial charge in [0.25, 0.3) is 5.91 Å². The molecule has 0 aliphatic carbocycles. The SMILES string of the molecule is CCCC[C@H](NC(=O)C1CCCN(C(=O)COc2ccccc2)C1)C(=O)O. The summed E-state index contributed by atoms with van der Waals surface area (Å²) in [6.45, 7) is 2.78. The second-order valence-corrected chi connectivity index (χ2v) is 6.82. The molecule has 0 radical (unpaired) electrons. The number of piperidine rings is 1. The Morgan fingerprint density at radius 1 is 1.30 bits per heavy atom. The molecule has 2 N–H and O–H groups in total. The lowest BCUT2D eigenvalue weighted by Crippen LogP contribution is -2.50. The third kappa shape index (κ3) is 6.58. The van der Waals surface area contributed by atoms with Gasteiger partial charge in [0.2, 0.25) is 5.91 Å². The van der Waals surface area contributed by atoms with E-state index in [4.69, 9.17) is 4.74 Å². The van der Waals surface area contributed by atoms with Gasteiger partial charge >= 0.3 is 5.97 Å². The van der Waals surface area contributed by atoms with E-state index in [1.807, 2.05) is 25.1 Å². The molecule has 7 heteroatoms. The summed E-state index contributed by atoms with van der Waals surface area (Å²) in [5.74, 6) is -1.24. The smallest absolute Gasteiger partial charge is 0.326 e. The van der Waals surface area contributed by atoms with E-state index in [2.05, 4.69) is 5.32 Å². The van der Waals surface area contributed by atoms with Gasteiger partial charge in [-0.3, -0.25) is 9.59 Å². The van der Waals surface area contributed by atoms with Crippen LogP contribution in [0, 0.1) is 5.92 Å². The van der Waals surface area contributed by atoms with Crippen molar-refractivity contribution in [2.75, 3.05) is 19.7 Å². The topological polar surface area (TPSA) is 95.9 Å². The van der Waals surface area contributed by atoms with Gasteiger partial charge < -0.3 is 20.1 Å². The van der Waals surface area contributed by atoms with Crippen LogP contribution in [0.15, 0.2) is 30.3 Å². The van der Waals surface area contributed by atoms with Crippen LogP contribution in [0.5, 0.6) is 5.75 Å². The molecule has 1 aliphatic rings. The molecule has 0 spiro atoms. The van der Waals surface area contributed by atoms with E-state index in [9.17, 15) is 19.5 Å². The van der Waals surface area contributed by atoms with E-state index in [1.165, 1.54) is 0 Å². The normalized spacial score (nSPS) is 17.8. The number of aliphatic carboxylic acids is 1. The van der Waals surface area contributed by atoms with E-state index in [0.29, 0.717) is 38.1 Å². The fraction of sp³-hybridized carbons (Fsp3) is 0.550. The van der Waals surface area contributed by atoms with Gasteiger partial charge in [0.15, 0.2) is 6.61 Å². The highest BCUT2D eigenvalue weighted by molar-refractivity contribution is 5.86. The second-order valence-electron chi connectivity index (χ2n) is 6.82. The number of benzene rings is 1. The van der Waals surface area contributed by atoms with Gasteiger partial charge in [-0.25, -0.2) is 4.79 Å². The van der Waals surface area contributed by atoms with E-state index in [0.717, 1.165) is 12.8 Å². The Morgan fingerprint density at radius 3 is 2.70 bits per heavy atom. The molecule has 1 heterocycles. The Hall–Kier alpha value is -2.57. The third-order valence-corrected chi connectivity index (χ3v) is 4.71. The van der Waals surface area contributed by atoms with Crippen molar-refractivity contribution in [1.29, 1.82) is 0 Å². The number of nitrogens with zero attached hydrogens (tertiary/aromatic N) is 1. The lowest BCUT2D eigenvalue weighted by molar-refractivity contribution is -0.144. The van der Waals surface area contributed by atoms with Crippen LogP contribution in [0.1, 0.15) is 39.0 Å². The number of unbranched alkanes of at least 4 members (excludes halogenated alkanes) is 1. The zero-order valence-electron chi connectivity index (χ0n) is 15.7. The number of carbonyl (C=O) groups excluding carboxylic acids is 2. The van der Waals surface area contributed by atoms with Crippen LogP contribution in [0.2, 0.25) is 0 Å². The molecule has 0 aromatic heterocycles. The van der Waals surface area contributed by atoms with Crippen molar-refractivity contribution in [3.8, 4) is 5.75 Å². The molecule has 7 nitrogen and oxygen atoms in total. The summed E-state index contributed by atoms with van der Waals surface area (Å²) >= 11 is 0. The Bertz CT molecular complexity index is 635. The van der Waals surface area contributed by atoms with Crippen LogP contribution in [-0.2, 0) is 14.4 Å². The summed E-state index contributed by atoms with van der Waals surface area (Å²) in [6.07, 6.45) is 3.38. The van der Waals surface area contributed by atoms with Crippen LogP contribution in [0.3, 0.4) is 0 Å². The first-order valence-electron chi connectivity index (χ1n) is 9.50. The summed E-state index contributed by atoms with van der Waals surface area (Å²) in [5.41, 5.74) is 0. The number of amides is 2. The summed E-state index contributed by atoms with van der Waals surface area (Å²) in [6, 6.07) is 8.22. The van der Waals surface area contributed by atoms with Gasteiger partial charge in [0.05, 0.1) is 5.92 Å². The number of para-hydroxylation sites is 1. The predicted molar refractivity (Wildman–Crippen MR) is 100 cm³/mol. The summed E-state index contributed by atoms with van der Waals surface area (Å²) in [4.78, 5) is 37.8. The van der Waals surface area contributed by atoms with Gasteiger partial charge in [-0.15, -0.1) is 0 Å². The molecule has 1 fully saturated rings. The molecule has 2 atom stereocenters. The standard InChI is InChI=1S/C20H28N2O5/c1-2-3-11-17(20(25)26)21-19(24)15-8-7-12-22(13-15)18(23)14-27-16-9-5-4-6-10-16/h4-6,9-10,15,17H,2-3,7-8,11-14H2,1H3,(H,21,24)(H,25,26)/t15?,17-/m0/s1. The molecule has 2 amide bonds. The lowest BCUT2D eigenvalue weighted by atomic mass is 9.96. The number of nitrogens with one attached hydrogen (secondary N) is 1. The molecule has 0 bridgehead atoms. The number of hydrogen-bond donors (Lipinski definition) is 2. The van der Waals surface area contributed by atoms with Gasteiger partial charge in [-0.2, -0.15) is 0 Å². The predicted octanol–water partition coefficient (Wildman–Crippen LogP) is 2.06. The highest BCUT2D eigenvalue weighted by Crippen LogP contribution is 2.18. The van der Waals surface area contributed by atoms with Crippen LogP contribution in [-0.4, -0.2) is 53.5 Å². The number of carbonyl (C=O) groups is 3. The number of likely N-dealkylation sites (tertiary alicyclic amines) is 1. The minimum absolute atomic E-state index is 0.0768. The quantitative estimate of drug-likeness (QED) is 0.688. The van der Waals surface area contributed by atoms with E-state index in [-0.39, 0.29) is 24.3 Å². The minimum Gasteiger partial charge on any atom is -0.484 e. The van der Waals surface area contributed by atoms with Crippen LogP contribution >= 0.6 is 0 Å². The molecule has 148 valence electrons. The molecular weight excluding hydrogens is 348 g/mol. The minimum atomic E-state index is -1.02.